The molecule has 0 amide bonds. The van der Waals surface area contributed by atoms with E-state index in [0.717, 1.165) is 5.75 Å². The summed E-state index contributed by atoms with van der Waals surface area (Å²) in [5, 5.41) is 3.26. The summed E-state index contributed by atoms with van der Waals surface area (Å²) in [7, 11) is 1.94. The standard InChI is InChI=1S/C15H18N2O/c1-12-8-9-17-10-14(12)15(16-2)11-18-13-6-4-3-5-7-13/h3-10,15-16H,11H2,1-2H3. The predicted octanol–water partition coefficient (Wildman–Crippen LogP) is 2.73. The lowest BCUT2D eigenvalue weighted by molar-refractivity contribution is 0.272. The largest absolute Gasteiger partial charge is 0.492 e. The topological polar surface area (TPSA) is 34.1 Å². The zero-order valence-electron chi connectivity index (χ0n) is 10.8. The van der Waals surface area contributed by atoms with Gasteiger partial charge in [0.25, 0.3) is 0 Å². The Morgan fingerprint density at radius 3 is 2.67 bits per heavy atom. The van der Waals surface area contributed by atoms with Crippen molar-refractivity contribution < 1.29 is 4.74 Å². The summed E-state index contributed by atoms with van der Waals surface area (Å²) in [6, 6.07) is 12.0. The van der Waals surface area contributed by atoms with Crippen LogP contribution in [0.1, 0.15) is 17.2 Å². The Hall–Kier alpha value is -1.87. The number of para-hydroxylation sites is 1. The van der Waals surface area contributed by atoms with E-state index in [1.54, 1.807) is 0 Å². The van der Waals surface area contributed by atoms with Crippen molar-refractivity contribution >= 4 is 0 Å². The third-order valence-electron chi connectivity index (χ3n) is 2.96. The van der Waals surface area contributed by atoms with Gasteiger partial charge in [0.05, 0.1) is 6.04 Å². The molecule has 3 heteroatoms. The number of aryl methyl sites for hydroxylation is 1. The number of benzene rings is 1. The van der Waals surface area contributed by atoms with Crippen LogP contribution in [-0.4, -0.2) is 18.6 Å². The Morgan fingerprint density at radius 1 is 1.22 bits per heavy atom. The van der Waals surface area contributed by atoms with Crippen LogP contribution in [0, 0.1) is 6.92 Å². The first kappa shape index (κ1) is 12.6. The monoisotopic (exact) mass is 242 g/mol. The van der Waals surface area contributed by atoms with E-state index < -0.39 is 0 Å². The lowest BCUT2D eigenvalue weighted by Gasteiger charge is -2.18. The summed E-state index contributed by atoms with van der Waals surface area (Å²) < 4.78 is 5.78. The lowest BCUT2D eigenvalue weighted by atomic mass is 10.1. The number of likely N-dealkylation sites (N-methyl/N-ethyl adjacent to an activating group) is 1. The van der Waals surface area contributed by atoms with Gasteiger partial charge in [-0.1, -0.05) is 18.2 Å². The second kappa shape index (κ2) is 6.17. The highest BCUT2D eigenvalue weighted by Gasteiger charge is 2.12. The van der Waals surface area contributed by atoms with Crippen LogP contribution in [0.3, 0.4) is 0 Å². The first-order chi connectivity index (χ1) is 8.81. The number of pyridine rings is 1. The van der Waals surface area contributed by atoms with Gasteiger partial charge in [-0.15, -0.1) is 0 Å². The molecule has 0 spiro atoms. The molecule has 1 aromatic heterocycles. The van der Waals surface area contributed by atoms with Crippen LogP contribution in [0.25, 0.3) is 0 Å². The van der Waals surface area contributed by atoms with Crippen LogP contribution < -0.4 is 10.1 Å². The summed E-state index contributed by atoms with van der Waals surface area (Å²) in [5.41, 5.74) is 2.40. The summed E-state index contributed by atoms with van der Waals surface area (Å²) in [6.45, 7) is 2.68. The van der Waals surface area contributed by atoms with E-state index >= 15 is 0 Å². The molecule has 1 N–H and O–H groups in total. The third-order valence-corrected chi connectivity index (χ3v) is 2.96. The van der Waals surface area contributed by atoms with E-state index in [1.165, 1.54) is 11.1 Å². The molecule has 1 heterocycles. The van der Waals surface area contributed by atoms with E-state index in [9.17, 15) is 0 Å². The van der Waals surface area contributed by atoms with Crippen LogP contribution in [0.5, 0.6) is 5.75 Å². The maximum atomic E-state index is 5.78. The number of nitrogens with one attached hydrogen (secondary N) is 1. The Morgan fingerprint density at radius 2 is 2.00 bits per heavy atom. The molecule has 0 aliphatic rings. The third kappa shape index (κ3) is 3.08. The molecular formula is C15H18N2O. The average molecular weight is 242 g/mol. The van der Waals surface area contributed by atoms with Gasteiger partial charge in [-0.3, -0.25) is 4.98 Å². The van der Waals surface area contributed by atoms with Crippen molar-refractivity contribution in [1.29, 1.82) is 0 Å². The van der Waals surface area contributed by atoms with Crippen molar-refractivity contribution in [2.45, 2.75) is 13.0 Å². The van der Waals surface area contributed by atoms with Gasteiger partial charge in [-0.25, -0.2) is 0 Å². The maximum absolute atomic E-state index is 5.78. The summed E-state index contributed by atoms with van der Waals surface area (Å²) in [4.78, 5) is 4.17. The first-order valence-corrected chi connectivity index (χ1v) is 6.07. The minimum atomic E-state index is 0.152. The highest BCUT2D eigenvalue weighted by molar-refractivity contribution is 5.26. The van der Waals surface area contributed by atoms with E-state index in [-0.39, 0.29) is 6.04 Å². The summed E-state index contributed by atoms with van der Waals surface area (Å²) in [6.07, 6.45) is 3.70. The van der Waals surface area contributed by atoms with Gasteiger partial charge in [0, 0.05) is 12.4 Å². The molecule has 3 nitrogen and oxygen atoms in total. The smallest absolute Gasteiger partial charge is 0.119 e. The average Bonchev–Trinajstić information content (AvgIpc) is 2.42. The van der Waals surface area contributed by atoms with Gasteiger partial charge < -0.3 is 10.1 Å². The van der Waals surface area contributed by atoms with Crippen LogP contribution in [0.15, 0.2) is 48.8 Å². The molecule has 18 heavy (non-hydrogen) atoms. The lowest BCUT2D eigenvalue weighted by Crippen LogP contribution is -2.24. The number of nitrogens with zero attached hydrogens (tertiary/aromatic N) is 1. The van der Waals surface area contributed by atoms with Gasteiger partial charge in [0.1, 0.15) is 12.4 Å². The van der Waals surface area contributed by atoms with Crippen molar-refractivity contribution in [3.63, 3.8) is 0 Å². The van der Waals surface area contributed by atoms with Crippen LogP contribution in [-0.2, 0) is 0 Å². The maximum Gasteiger partial charge on any atom is 0.119 e. The highest BCUT2D eigenvalue weighted by Crippen LogP contribution is 2.18. The highest BCUT2D eigenvalue weighted by atomic mass is 16.5. The molecule has 0 fully saturated rings. The zero-order chi connectivity index (χ0) is 12.8. The van der Waals surface area contributed by atoms with Crippen LogP contribution in [0.2, 0.25) is 0 Å². The molecule has 0 aliphatic heterocycles. The number of hydrogen-bond donors (Lipinski definition) is 1. The fourth-order valence-corrected chi connectivity index (χ4v) is 1.87. The van der Waals surface area contributed by atoms with Crippen molar-refractivity contribution in [3.05, 3.63) is 59.9 Å². The molecule has 0 radical (unpaired) electrons. The molecule has 1 atom stereocenters. The number of aromatic nitrogens is 1. The van der Waals surface area contributed by atoms with Gasteiger partial charge in [-0.2, -0.15) is 0 Å². The molecule has 0 aliphatic carbocycles. The molecule has 2 rings (SSSR count). The fourth-order valence-electron chi connectivity index (χ4n) is 1.87. The zero-order valence-corrected chi connectivity index (χ0v) is 10.8. The van der Waals surface area contributed by atoms with E-state index in [0.29, 0.717) is 6.61 Å². The van der Waals surface area contributed by atoms with E-state index in [2.05, 4.69) is 17.2 Å². The summed E-state index contributed by atoms with van der Waals surface area (Å²) >= 11 is 0. The minimum absolute atomic E-state index is 0.152. The molecule has 0 saturated carbocycles. The molecule has 1 unspecified atom stereocenters. The van der Waals surface area contributed by atoms with Gasteiger partial charge in [-0.05, 0) is 43.3 Å². The van der Waals surface area contributed by atoms with Gasteiger partial charge in [0.2, 0.25) is 0 Å². The normalized spacial score (nSPS) is 12.1. The molecule has 1 aromatic carbocycles. The predicted molar refractivity (Wildman–Crippen MR) is 72.7 cm³/mol. The molecule has 0 saturated heterocycles. The van der Waals surface area contributed by atoms with Crippen molar-refractivity contribution in [1.82, 2.24) is 10.3 Å². The second-order valence-electron chi connectivity index (χ2n) is 4.20. The quantitative estimate of drug-likeness (QED) is 0.875. The molecule has 0 bridgehead atoms. The van der Waals surface area contributed by atoms with Gasteiger partial charge >= 0.3 is 0 Å². The SMILES string of the molecule is CNC(COc1ccccc1)c1cnccc1C. The van der Waals surface area contributed by atoms with Crippen molar-refractivity contribution in [2.24, 2.45) is 0 Å². The molecule has 2 aromatic rings. The Labute approximate surface area is 108 Å². The van der Waals surface area contributed by atoms with E-state index in [4.69, 9.17) is 4.74 Å². The summed E-state index contributed by atoms with van der Waals surface area (Å²) in [5.74, 6) is 0.888. The first-order valence-electron chi connectivity index (χ1n) is 6.07. The van der Waals surface area contributed by atoms with Gasteiger partial charge in [0.15, 0.2) is 0 Å². The number of rotatable bonds is 5. The Balaban J connectivity index is 2.04. The number of hydrogen-bond acceptors (Lipinski definition) is 3. The Bertz CT molecular complexity index is 485. The van der Waals surface area contributed by atoms with Crippen molar-refractivity contribution in [2.75, 3.05) is 13.7 Å². The number of ether oxygens (including phenoxy) is 1. The fraction of sp³-hybridized carbons (Fsp3) is 0.267. The van der Waals surface area contributed by atoms with Crippen LogP contribution in [0.4, 0.5) is 0 Å². The second-order valence-corrected chi connectivity index (χ2v) is 4.20. The Kier molecular flexibility index (Phi) is 4.31. The molecule has 94 valence electrons. The molecular weight excluding hydrogens is 224 g/mol. The van der Waals surface area contributed by atoms with E-state index in [1.807, 2.05) is 55.8 Å². The van der Waals surface area contributed by atoms with Crippen LogP contribution >= 0.6 is 0 Å². The van der Waals surface area contributed by atoms with Crippen molar-refractivity contribution in [3.8, 4) is 5.75 Å². The minimum Gasteiger partial charge on any atom is -0.492 e.